The fourth-order valence-corrected chi connectivity index (χ4v) is 1.83. The number of aryl methyl sites for hydroxylation is 3. The molecule has 0 aliphatic heterocycles. The van der Waals surface area contributed by atoms with E-state index in [0.717, 1.165) is 11.3 Å². The summed E-state index contributed by atoms with van der Waals surface area (Å²) in [4.78, 5) is 11.7. The zero-order valence-electron chi connectivity index (χ0n) is 11.9. The van der Waals surface area contributed by atoms with Gasteiger partial charge in [0.25, 0.3) is 0 Å². The van der Waals surface area contributed by atoms with Crippen LogP contribution in [0.15, 0.2) is 39.9 Å². The number of nitrogens with zero attached hydrogens (tertiary/aromatic N) is 1. The van der Waals surface area contributed by atoms with Crippen LogP contribution in [0.3, 0.4) is 0 Å². The van der Waals surface area contributed by atoms with E-state index in [-0.39, 0.29) is 5.91 Å². The van der Waals surface area contributed by atoms with Crippen LogP contribution in [0.25, 0.3) is 0 Å². The van der Waals surface area contributed by atoms with E-state index < -0.39 is 0 Å². The molecule has 0 bridgehead atoms. The number of carbonyl (C=O) groups is 1. The first-order chi connectivity index (χ1) is 9.54. The van der Waals surface area contributed by atoms with Gasteiger partial charge in [-0.25, -0.2) is 5.43 Å². The molecule has 0 saturated heterocycles. The van der Waals surface area contributed by atoms with Gasteiger partial charge in [0.2, 0.25) is 5.91 Å². The minimum absolute atomic E-state index is 0.146. The lowest BCUT2D eigenvalue weighted by Crippen LogP contribution is -2.19. The topological polar surface area (TPSA) is 54.6 Å². The van der Waals surface area contributed by atoms with E-state index in [1.165, 1.54) is 17.3 Å². The molecule has 0 unspecified atom stereocenters. The maximum absolute atomic E-state index is 11.7. The lowest BCUT2D eigenvalue weighted by Gasteiger charge is -2.04. The standard InChI is InChI=1S/C16H18N2O2/c1-11-4-6-14(8-12(11)2)9-16(19)18-17-10-15-7-5-13(3)20-15/h4-8,10H,9H2,1-3H3,(H,18,19). The first-order valence-corrected chi connectivity index (χ1v) is 6.49. The van der Waals surface area contributed by atoms with Crippen LogP contribution in [-0.2, 0) is 11.2 Å². The summed E-state index contributed by atoms with van der Waals surface area (Å²) >= 11 is 0. The number of carbonyl (C=O) groups excluding carboxylic acids is 1. The summed E-state index contributed by atoms with van der Waals surface area (Å²) in [6, 6.07) is 9.65. The Kier molecular flexibility index (Phi) is 4.35. The molecule has 1 heterocycles. The molecule has 2 aromatic rings. The summed E-state index contributed by atoms with van der Waals surface area (Å²) in [5.41, 5.74) is 5.88. The van der Waals surface area contributed by atoms with E-state index in [0.29, 0.717) is 12.2 Å². The Morgan fingerprint density at radius 1 is 1.20 bits per heavy atom. The fraction of sp³-hybridized carbons (Fsp3) is 0.250. The van der Waals surface area contributed by atoms with Crippen LogP contribution in [0.2, 0.25) is 0 Å². The summed E-state index contributed by atoms with van der Waals surface area (Å²) < 4.78 is 5.31. The Labute approximate surface area is 118 Å². The van der Waals surface area contributed by atoms with Gasteiger partial charge in [0.1, 0.15) is 11.5 Å². The van der Waals surface area contributed by atoms with Gasteiger partial charge < -0.3 is 4.42 Å². The van der Waals surface area contributed by atoms with Crippen LogP contribution in [0.4, 0.5) is 0 Å². The highest BCUT2D eigenvalue weighted by Gasteiger charge is 2.03. The summed E-state index contributed by atoms with van der Waals surface area (Å²) in [5, 5.41) is 3.87. The van der Waals surface area contributed by atoms with E-state index in [1.54, 1.807) is 6.07 Å². The maximum atomic E-state index is 11.7. The Balaban J connectivity index is 1.89. The summed E-state index contributed by atoms with van der Waals surface area (Å²) in [6.45, 7) is 5.94. The van der Waals surface area contributed by atoms with E-state index in [9.17, 15) is 4.79 Å². The van der Waals surface area contributed by atoms with Gasteiger partial charge in [-0.05, 0) is 49.6 Å². The average Bonchev–Trinajstić information content (AvgIpc) is 2.80. The molecule has 1 amide bonds. The number of hydrogen-bond acceptors (Lipinski definition) is 3. The largest absolute Gasteiger partial charge is 0.460 e. The van der Waals surface area contributed by atoms with Crippen LogP contribution in [0.1, 0.15) is 28.2 Å². The lowest BCUT2D eigenvalue weighted by atomic mass is 10.0. The predicted octanol–water partition coefficient (Wildman–Crippen LogP) is 2.90. The molecule has 0 aliphatic carbocycles. The monoisotopic (exact) mass is 270 g/mol. The van der Waals surface area contributed by atoms with Crippen molar-refractivity contribution in [3.63, 3.8) is 0 Å². The Hall–Kier alpha value is -2.36. The zero-order valence-corrected chi connectivity index (χ0v) is 11.9. The van der Waals surface area contributed by atoms with Crippen molar-refractivity contribution < 1.29 is 9.21 Å². The van der Waals surface area contributed by atoms with Gasteiger partial charge in [-0.15, -0.1) is 0 Å². The molecule has 0 atom stereocenters. The molecule has 1 aromatic heterocycles. The van der Waals surface area contributed by atoms with Crippen molar-refractivity contribution in [3.05, 3.63) is 58.5 Å². The number of rotatable bonds is 4. The van der Waals surface area contributed by atoms with Crippen molar-refractivity contribution in [2.24, 2.45) is 5.10 Å². The molecule has 4 nitrogen and oxygen atoms in total. The van der Waals surface area contributed by atoms with Crippen LogP contribution < -0.4 is 5.43 Å². The van der Waals surface area contributed by atoms with Crippen LogP contribution >= 0.6 is 0 Å². The smallest absolute Gasteiger partial charge is 0.244 e. The van der Waals surface area contributed by atoms with Crippen LogP contribution in [-0.4, -0.2) is 12.1 Å². The number of furan rings is 1. The van der Waals surface area contributed by atoms with E-state index in [2.05, 4.69) is 17.5 Å². The van der Waals surface area contributed by atoms with Gasteiger partial charge in [0.15, 0.2) is 0 Å². The highest BCUT2D eigenvalue weighted by Crippen LogP contribution is 2.10. The summed E-state index contributed by atoms with van der Waals surface area (Å²) in [6.07, 6.45) is 1.81. The molecule has 4 heteroatoms. The van der Waals surface area contributed by atoms with Crippen molar-refractivity contribution >= 4 is 12.1 Å². The number of amides is 1. The van der Waals surface area contributed by atoms with Crippen molar-refractivity contribution in [1.82, 2.24) is 5.43 Å². The van der Waals surface area contributed by atoms with Crippen LogP contribution in [0.5, 0.6) is 0 Å². The fourth-order valence-electron chi connectivity index (χ4n) is 1.83. The van der Waals surface area contributed by atoms with Crippen molar-refractivity contribution in [2.75, 3.05) is 0 Å². The molecule has 104 valence electrons. The quantitative estimate of drug-likeness (QED) is 0.686. The Morgan fingerprint density at radius 3 is 2.65 bits per heavy atom. The SMILES string of the molecule is Cc1ccc(C=NNC(=O)Cc2ccc(C)c(C)c2)o1. The number of benzene rings is 1. The van der Waals surface area contributed by atoms with Crippen molar-refractivity contribution in [2.45, 2.75) is 27.2 Å². The van der Waals surface area contributed by atoms with Crippen molar-refractivity contribution in [1.29, 1.82) is 0 Å². The summed E-state index contributed by atoms with van der Waals surface area (Å²) in [5.74, 6) is 1.29. The predicted molar refractivity (Wildman–Crippen MR) is 78.8 cm³/mol. The molecular formula is C16H18N2O2. The number of hydrazone groups is 1. The Bertz CT molecular complexity index is 642. The molecule has 0 saturated carbocycles. The maximum Gasteiger partial charge on any atom is 0.244 e. The van der Waals surface area contributed by atoms with E-state index in [4.69, 9.17) is 4.42 Å². The van der Waals surface area contributed by atoms with Gasteiger partial charge in [0.05, 0.1) is 12.6 Å². The molecule has 2 rings (SSSR count). The molecule has 0 radical (unpaired) electrons. The van der Waals surface area contributed by atoms with Crippen LogP contribution in [0, 0.1) is 20.8 Å². The van der Waals surface area contributed by atoms with Gasteiger partial charge in [0, 0.05) is 0 Å². The molecule has 1 aromatic carbocycles. The summed E-state index contributed by atoms with van der Waals surface area (Å²) in [7, 11) is 0. The number of nitrogens with one attached hydrogen (secondary N) is 1. The minimum atomic E-state index is -0.146. The molecule has 0 spiro atoms. The third kappa shape index (κ3) is 3.82. The minimum Gasteiger partial charge on any atom is -0.460 e. The zero-order chi connectivity index (χ0) is 14.5. The third-order valence-electron chi connectivity index (χ3n) is 3.08. The highest BCUT2D eigenvalue weighted by molar-refractivity contribution is 5.81. The second-order valence-corrected chi connectivity index (χ2v) is 4.84. The normalized spacial score (nSPS) is 10.9. The first-order valence-electron chi connectivity index (χ1n) is 6.49. The molecular weight excluding hydrogens is 252 g/mol. The van der Waals surface area contributed by atoms with E-state index >= 15 is 0 Å². The first kappa shape index (κ1) is 14.1. The van der Waals surface area contributed by atoms with Gasteiger partial charge >= 0.3 is 0 Å². The van der Waals surface area contributed by atoms with E-state index in [1.807, 2.05) is 38.1 Å². The van der Waals surface area contributed by atoms with Crippen molar-refractivity contribution in [3.8, 4) is 0 Å². The average molecular weight is 270 g/mol. The highest BCUT2D eigenvalue weighted by atomic mass is 16.3. The lowest BCUT2D eigenvalue weighted by molar-refractivity contribution is -0.120. The van der Waals surface area contributed by atoms with Gasteiger partial charge in [-0.3, -0.25) is 4.79 Å². The number of hydrogen-bond donors (Lipinski definition) is 1. The molecule has 1 N–H and O–H groups in total. The second-order valence-electron chi connectivity index (χ2n) is 4.84. The van der Waals surface area contributed by atoms with Gasteiger partial charge in [-0.1, -0.05) is 18.2 Å². The Morgan fingerprint density at radius 2 is 2.00 bits per heavy atom. The van der Waals surface area contributed by atoms with Gasteiger partial charge in [-0.2, -0.15) is 5.10 Å². The molecule has 0 aliphatic rings. The molecule has 20 heavy (non-hydrogen) atoms. The second kappa shape index (κ2) is 6.19. The third-order valence-corrected chi connectivity index (χ3v) is 3.08. The molecule has 0 fully saturated rings.